The molecular formula is C19H24N2O3. The van der Waals surface area contributed by atoms with Gasteiger partial charge < -0.3 is 19.4 Å². The van der Waals surface area contributed by atoms with Gasteiger partial charge in [0.05, 0.1) is 6.54 Å². The van der Waals surface area contributed by atoms with Crippen LogP contribution in [0.2, 0.25) is 0 Å². The highest BCUT2D eigenvalue weighted by molar-refractivity contribution is 6.00. The van der Waals surface area contributed by atoms with Gasteiger partial charge in [-0.3, -0.25) is 4.79 Å². The second-order valence-electron chi connectivity index (χ2n) is 6.38. The second kappa shape index (κ2) is 6.59. The lowest BCUT2D eigenvalue weighted by atomic mass is 10.1. The van der Waals surface area contributed by atoms with Gasteiger partial charge in [0.15, 0.2) is 17.3 Å². The molecule has 3 rings (SSSR count). The van der Waals surface area contributed by atoms with Gasteiger partial charge in [-0.05, 0) is 45.9 Å². The zero-order valence-corrected chi connectivity index (χ0v) is 14.7. The molecule has 24 heavy (non-hydrogen) atoms. The zero-order valence-electron chi connectivity index (χ0n) is 14.7. The first-order chi connectivity index (χ1) is 11.5. The maximum Gasteiger partial charge on any atom is 0.183 e. The Labute approximate surface area is 142 Å². The van der Waals surface area contributed by atoms with E-state index in [-0.39, 0.29) is 12.3 Å². The summed E-state index contributed by atoms with van der Waals surface area (Å²) in [5, 5.41) is 3.18. The van der Waals surface area contributed by atoms with Crippen LogP contribution in [0, 0.1) is 13.8 Å². The lowest BCUT2D eigenvalue weighted by molar-refractivity contribution is 0.101. The largest absolute Gasteiger partial charge is 0.486 e. The van der Waals surface area contributed by atoms with Gasteiger partial charge in [0.2, 0.25) is 0 Å². The second-order valence-corrected chi connectivity index (χ2v) is 6.38. The van der Waals surface area contributed by atoms with Crippen LogP contribution in [0.1, 0.15) is 41.6 Å². The Balaban J connectivity index is 1.71. The number of anilines is 1. The van der Waals surface area contributed by atoms with Crippen LogP contribution in [-0.2, 0) is 0 Å². The number of carbonyl (C=O) groups is 1. The van der Waals surface area contributed by atoms with Crippen LogP contribution in [0.25, 0.3) is 0 Å². The molecule has 1 aliphatic rings. The van der Waals surface area contributed by atoms with Crippen molar-refractivity contribution in [3.05, 3.63) is 41.2 Å². The van der Waals surface area contributed by atoms with E-state index in [1.807, 2.05) is 38.1 Å². The van der Waals surface area contributed by atoms with Crippen molar-refractivity contribution in [1.82, 2.24) is 4.57 Å². The number of hydrogen-bond acceptors (Lipinski definition) is 4. The normalized spacial score (nSPS) is 13.2. The third-order valence-corrected chi connectivity index (χ3v) is 4.30. The van der Waals surface area contributed by atoms with Gasteiger partial charge in [0, 0.05) is 34.7 Å². The van der Waals surface area contributed by atoms with E-state index in [0.717, 1.165) is 34.1 Å². The lowest BCUT2D eigenvalue weighted by Crippen LogP contribution is -2.17. The first kappa shape index (κ1) is 16.4. The highest BCUT2D eigenvalue weighted by Gasteiger charge is 2.17. The molecule has 0 atom stereocenters. The van der Waals surface area contributed by atoms with Gasteiger partial charge in [0.1, 0.15) is 13.2 Å². The summed E-state index contributed by atoms with van der Waals surface area (Å²) >= 11 is 0. The van der Waals surface area contributed by atoms with Gasteiger partial charge in [-0.25, -0.2) is 0 Å². The molecule has 2 heterocycles. The predicted octanol–water partition coefficient (Wildman–Crippen LogP) is 3.75. The topological polar surface area (TPSA) is 52.5 Å². The third kappa shape index (κ3) is 3.11. The number of aromatic nitrogens is 1. The van der Waals surface area contributed by atoms with Gasteiger partial charge >= 0.3 is 0 Å². The van der Waals surface area contributed by atoms with Crippen LogP contribution in [0.3, 0.4) is 0 Å². The van der Waals surface area contributed by atoms with E-state index in [4.69, 9.17) is 9.47 Å². The fourth-order valence-electron chi connectivity index (χ4n) is 3.28. The Hall–Kier alpha value is -2.43. The van der Waals surface area contributed by atoms with E-state index in [1.54, 1.807) is 0 Å². The van der Waals surface area contributed by atoms with Crippen molar-refractivity contribution in [2.24, 2.45) is 0 Å². The first-order valence-corrected chi connectivity index (χ1v) is 8.32. The number of hydrogen-bond donors (Lipinski definition) is 1. The van der Waals surface area contributed by atoms with Crippen molar-refractivity contribution >= 4 is 11.5 Å². The van der Waals surface area contributed by atoms with Crippen LogP contribution < -0.4 is 14.8 Å². The fraction of sp³-hybridized carbons (Fsp3) is 0.421. The SMILES string of the molecule is Cc1cc(C(=O)CNc2ccc3c(c2)OCCO3)c(C)n1C(C)C. The molecule has 128 valence electrons. The van der Waals surface area contributed by atoms with Crippen LogP contribution in [0.15, 0.2) is 24.3 Å². The molecule has 0 saturated heterocycles. The predicted molar refractivity (Wildman–Crippen MR) is 94.5 cm³/mol. The van der Waals surface area contributed by atoms with Crippen molar-refractivity contribution in [2.75, 3.05) is 25.1 Å². The molecule has 0 aliphatic carbocycles. The van der Waals surface area contributed by atoms with Crippen molar-refractivity contribution in [2.45, 2.75) is 33.7 Å². The summed E-state index contributed by atoms with van der Waals surface area (Å²) in [7, 11) is 0. The smallest absolute Gasteiger partial charge is 0.183 e. The summed E-state index contributed by atoms with van der Waals surface area (Å²) < 4.78 is 13.3. The molecule has 2 aromatic rings. The molecule has 0 bridgehead atoms. The summed E-state index contributed by atoms with van der Waals surface area (Å²) in [6, 6.07) is 7.96. The van der Waals surface area contributed by atoms with E-state index in [0.29, 0.717) is 19.3 Å². The average molecular weight is 328 g/mol. The van der Waals surface area contributed by atoms with E-state index in [1.165, 1.54) is 0 Å². The number of nitrogens with zero attached hydrogens (tertiary/aromatic N) is 1. The number of fused-ring (bicyclic) bond motifs is 1. The van der Waals surface area contributed by atoms with Crippen molar-refractivity contribution in [1.29, 1.82) is 0 Å². The highest BCUT2D eigenvalue weighted by atomic mass is 16.6. The number of nitrogens with one attached hydrogen (secondary N) is 1. The number of aryl methyl sites for hydroxylation is 1. The summed E-state index contributed by atoms with van der Waals surface area (Å²) in [6.45, 7) is 9.67. The highest BCUT2D eigenvalue weighted by Crippen LogP contribution is 2.32. The van der Waals surface area contributed by atoms with Crippen LogP contribution in [-0.4, -0.2) is 30.1 Å². The Kier molecular flexibility index (Phi) is 4.51. The van der Waals surface area contributed by atoms with Crippen molar-refractivity contribution in [3.8, 4) is 11.5 Å². The maximum absolute atomic E-state index is 12.6. The molecular weight excluding hydrogens is 304 g/mol. The molecule has 1 aromatic carbocycles. The molecule has 0 amide bonds. The molecule has 0 unspecified atom stereocenters. The number of rotatable bonds is 5. The van der Waals surface area contributed by atoms with Gasteiger partial charge in [-0.2, -0.15) is 0 Å². The van der Waals surface area contributed by atoms with Crippen molar-refractivity contribution in [3.63, 3.8) is 0 Å². The van der Waals surface area contributed by atoms with Crippen molar-refractivity contribution < 1.29 is 14.3 Å². The minimum Gasteiger partial charge on any atom is -0.486 e. The van der Waals surface area contributed by atoms with E-state index in [2.05, 4.69) is 23.7 Å². The molecule has 0 saturated carbocycles. The summed E-state index contributed by atoms with van der Waals surface area (Å²) in [5.41, 5.74) is 3.78. The molecule has 1 N–H and O–H groups in total. The van der Waals surface area contributed by atoms with Gasteiger partial charge in [-0.15, -0.1) is 0 Å². The quantitative estimate of drug-likeness (QED) is 0.849. The maximum atomic E-state index is 12.6. The number of benzene rings is 1. The number of Topliss-reactive ketones (excluding diaryl/α,β-unsaturated/α-hetero) is 1. The first-order valence-electron chi connectivity index (χ1n) is 8.32. The van der Waals surface area contributed by atoms with Crippen LogP contribution in [0.5, 0.6) is 11.5 Å². The van der Waals surface area contributed by atoms with E-state index in [9.17, 15) is 4.79 Å². The lowest BCUT2D eigenvalue weighted by Gasteiger charge is -2.19. The standard InChI is InChI=1S/C19H24N2O3/c1-12(2)21-13(3)9-16(14(21)4)17(22)11-20-15-5-6-18-19(10-15)24-8-7-23-18/h5-6,9-10,12,20H,7-8,11H2,1-4H3. The number of ether oxygens (including phenoxy) is 2. The zero-order chi connectivity index (χ0) is 17.3. The Morgan fingerprint density at radius 3 is 2.54 bits per heavy atom. The Morgan fingerprint density at radius 2 is 1.88 bits per heavy atom. The summed E-state index contributed by atoms with van der Waals surface area (Å²) in [5.74, 6) is 1.56. The third-order valence-electron chi connectivity index (χ3n) is 4.30. The van der Waals surface area contributed by atoms with Crippen LogP contribution in [0.4, 0.5) is 5.69 Å². The van der Waals surface area contributed by atoms with Gasteiger partial charge in [-0.1, -0.05) is 0 Å². The Morgan fingerprint density at radius 1 is 1.17 bits per heavy atom. The molecule has 0 spiro atoms. The minimum atomic E-state index is 0.0879. The van der Waals surface area contributed by atoms with Gasteiger partial charge in [0.25, 0.3) is 0 Å². The molecule has 1 aromatic heterocycles. The molecule has 5 nitrogen and oxygen atoms in total. The molecule has 0 fully saturated rings. The minimum absolute atomic E-state index is 0.0879. The number of ketones is 1. The summed E-state index contributed by atoms with van der Waals surface area (Å²) in [6.07, 6.45) is 0. The summed E-state index contributed by atoms with van der Waals surface area (Å²) in [4.78, 5) is 12.6. The monoisotopic (exact) mass is 328 g/mol. The van der Waals surface area contributed by atoms with E-state index >= 15 is 0 Å². The molecule has 5 heteroatoms. The molecule has 0 radical (unpaired) electrons. The van der Waals surface area contributed by atoms with Crippen LogP contribution >= 0.6 is 0 Å². The average Bonchev–Trinajstić information content (AvgIpc) is 2.87. The molecule has 1 aliphatic heterocycles. The van der Waals surface area contributed by atoms with E-state index < -0.39 is 0 Å². The fourth-order valence-corrected chi connectivity index (χ4v) is 3.28. The Bertz CT molecular complexity index is 762. The number of carbonyl (C=O) groups excluding carboxylic acids is 1.